The van der Waals surface area contributed by atoms with E-state index >= 15 is 0 Å². The molecule has 5 heteroatoms. The molecule has 2 aromatic carbocycles. The zero-order chi connectivity index (χ0) is 19.1. The summed E-state index contributed by atoms with van der Waals surface area (Å²) in [5.41, 5.74) is 5.12. The minimum absolute atomic E-state index is 0.0806. The van der Waals surface area contributed by atoms with Crippen molar-refractivity contribution in [3.8, 4) is 0 Å². The molecule has 2 aliphatic heterocycles. The van der Waals surface area contributed by atoms with E-state index in [1.807, 2.05) is 42.5 Å². The van der Waals surface area contributed by atoms with Crippen molar-refractivity contribution >= 4 is 23.2 Å². The van der Waals surface area contributed by atoms with Crippen molar-refractivity contribution in [2.45, 2.75) is 12.8 Å². The number of anilines is 2. The second-order valence-corrected chi connectivity index (χ2v) is 7.10. The Hall–Kier alpha value is -3.47. The van der Waals surface area contributed by atoms with Crippen LogP contribution in [0.5, 0.6) is 0 Å². The van der Waals surface area contributed by atoms with Crippen LogP contribution in [0.25, 0.3) is 0 Å². The number of carbonyl (C=O) groups is 2. The number of fused-ring (bicyclic) bond motifs is 2. The van der Waals surface area contributed by atoms with E-state index < -0.39 is 0 Å². The van der Waals surface area contributed by atoms with Gasteiger partial charge in [-0.05, 0) is 48.2 Å². The molecule has 1 aromatic heterocycles. The minimum Gasteiger partial charge on any atom is -0.308 e. The van der Waals surface area contributed by atoms with E-state index in [-0.39, 0.29) is 11.8 Å². The summed E-state index contributed by atoms with van der Waals surface area (Å²) in [7, 11) is 0. The number of para-hydroxylation sites is 2. The van der Waals surface area contributed by atoms with Crippen LogP contribution in [0.2, 0.25) is 0 Å². The molecule has 5 nitrogen and oxygen atoms in total. The molecule has 2 amide bonds. The summed E-state index contributed by atoms with van der Waals surface area (Å²) in [5.74, 6) is -0.210. The Bertz CT molecular complexity index is 989. The maximum absolute atomic E-state index is 12.9. The minimum atomic E-state index is -0.129. The Morgan fingerprint density at radius 2 is 1.29 bits per heavy atom. The molecule has 0 unspecified atom stereocenters. The van der Waals surface area contributed by atoms with Crippen molar-refractivity contribution in [1.82, 2.24) is 4.98 Å². The summed E-state index contributed by atoms with van der Waals surface area (Å²) in [6.45, 7) is 1.33. The molecule has 0 aliphatic carbocycles. The second kappa shape index (κ2) is 6.60. The lowest BCUT2D eigenvalue weighted by atomic mass is 10.1. The van der Waals surface area contributed by atoms with Crippen LogP contribution < -0.4 is 9.80 Å². The summed E-state index contributed by atoms with van der Waals surface area (Å²) in [4.78, 5) is 33.6. The van der Waals surface area contributed by atoms with Crippen LogP contribution >= 0.6 is 0 Å². The van der Waals surface area contributed by atoms with Crippen LogP contribution in [0.15, 0.2) is 66.9 Å². The van der Waals surface area contributed by atoms with Crippen LogP contribution in [0.4, 0.5) is 11.4 Å². The standard InChI is InChI=1S/C23H19N3O2/c27-22(25-13-11-16-5-1-3-7-20(16)25)18-9-10-19(24-15-18)23(28)26-14-12-17-6-2-4-8-21(17)26/h1-10,15H,11-14H2. The highest BCUT2D eigenvalue weighted by molar-refractivity contribution is 6.09. The second-order valence-electron chi connectivity index (χ2n) is 7.10. The van der Waals surface area contributed by atoms with E-state index in [0.29, 0.717) is 24.3 Å². The van der Waals surface area contributed by atoms with Gasteiger partial charge in [-0.3, -0.25) is 14.6 Å². The average molecular weight is 369 g/mol. The van der Waals surface area contributed by atoms with E-state index in [4.69, 9.17) is 0 Å². The molecule has 0 radical (unpaired) electrons. The van der Waals surface area contributed by atoms with E-state index in [0.717, 1.165) is 24.2 Å². The number of hydrogen-bond donors (Lipinski definition) is 0. The normalized spacial score (nSPS) is 14.7. The fourth-order valence-electron chi connectivity index (χ4n) is 4.04. The smallest absolute Gasteiger partial charge is 0.276 e. The number of nitrogens with zero attached hydrogens (tertiary/aromatic N) is 3. The van der Waals surface area contributed by atoms with Gasteiger partial charge in [0, 0.05) is 30.7 Å². The van der Waals surface area contributed by atoms with Gasteiger partial charge < -0.3 is 9.80 Å². The summed E-state index contributed by atoms with van der Waals surface area (Å²) < 4.78 is 0. The quantitative estimate of drug-likeness (QED) is 0.695. The van der Waals surface area contributed by atoms with Gasteiger partial charge in [-0.25, -0.2) is 0 Å². The molecular formula is C23H19N3O2. The molecule has 0 spiro atoms. The van der Waals surface area contributed by atoms with E-state index in [9.17, 15) is 9.59 Å². The zero-order valence-corrected chi connectivity index (χ0v) is 15.3. The maximum Gasteiger partial charge on any atom is 0.276 e. The van der Waals surface area contributed by atoms with Crippen molar-refractivity contribution in [2.75, 3.05) is 22.9 Å². The molecule has 0 N–H and O–H groups in total. The topological polar surface area (TPSA) is 53.5 Å². The zero-order valence-electron chi connectivity index (χ0n) is 15.3. The van der Waals surface area contributed by atoms with Gasteiger partial charge in [-0.15, -0.1) is 0 Å². The first-order chi connectivity index (χ1) is 13.7. The van der Waals surface area contributed by atoms with Crippen LogP contribution in [0.3, 0.4) is 0 Å². The molecule has 28 heavy (non-hydrogen) atoms. The van der Waals surface area contributed by atoms with E-state index in [1.165, 1.54) is 17.3 Å². The summed E-state index contributed by atoms with van der Waals surface area (Å²) in [6.07, 6.45) is 3.23. The van der Waals surface area contributed by atoms with Crippen molar-refractivity contribution in [3.05, 3.63) is 89.2 Å². The first-order valence-electron chi connectivity index (χ1n) is 9.48. The number of aromatic nitrogens is 1. The lowest BCUT2D eigenvalue weighted by molar-refractivity contribution is 0.0974. The lowest BCUT2D eigenvalue weighted by Crippen LogP contribution is -2.31. The molecule has 0 fully saturated rings. The third-order valence-electron chi connectivity index (χ3n) is 5.49. The van der Waals surface area contributed by atoms with Gasteiger partial charge in [0.1, 0.15) is 5.69 Å². The Balaban J connectivity index is 1.37. The molecule has 0 saturated heterocycles. The SMILES string of the molecule is O=C(c1ccc(C(=O)N2CCc3ccccc32)nc1)N1CCc2ccccc21. The van der Waals surface area contributed by atoms with Crippen LogP contribution in [-0.4, -0.2) is 29.9 Å². The summed E-state index contributed by atoms with van der Waals surface area (Å²) in [5, 5.41) is 0. The van der Waals surface area contributed by atoms with Crippen LogP contribution in [-0.2, 0) is 12.8 Å². The Labute approximate surface area is 163 Å². The fraction of sp³-hybridized carbons (Fsp3) is 0.174. The fourth-order valence-corrected chi connectivity index (χ4v) is 4.04. The van der Waals surface area contributed by atoms with E-state index in [1.54, 1.807) is 21.9 Å². The first-order valence-corrected chi connectivity index (χ1v) is 9.48. The number of amides is 2. The molecule has 3 heterocycles. The lowest BCUT2D eigenvalue weighted by Gasteiger charge is -2.18. The van der Waals surface area contributed by atoms with Crippen molar-refractivity contribution in [3.63, 3.8) is 0 Å². The average Bonchev–Trinajstić information content (AvgIpc) is 3.37. The highest BCUT2D eigenvalue weighted by Crippen LogP contribution is 2.30. The Morgan fingerprint density at radius 3 is 1.86 bits per heavy atom. The highest BCUT2D eigenvalue weighted by atomic mass is 16.2. The third kappa shape index (κ3) is 2.67. The molecule has 138 valence electrons. The van der Waals surface area contributed by atoms with Crippen molar-refractivity contribution in [1.29, 1.82) is 0 Å². The largest absolute Gasteiger partial charge is 0.308 e. The number of hydrogen-bond acceptors (Lipinski definition) is 3. The number of pyridine rings is 1. The predicted octanol–water partition coefficient (Wildman–Crippen LogP) is 3.49. The third-order valence-corrected chi connectivity index (χ3v) is 5.49. The van der Waals surface area contributed by atoms with Gasteiger partial charge in [0.25, 0.3) is 11.8 Å². The van der Waals surface area contributed by atoms with Crippen LogP contribution in [0, 0.1) is 0 Å². The number of benzene rings is 2. The Morgan fingerprint density at radius 1 is 0.714 bits per heavy atom. The highest BCUT2D eigenvalue weighted by Gasteiger charge is 2.28. The van der Waals surface area contributed by atoms with Gasteiger partial charge in [0.2, 0.25) is 0 Å². The van der Waals surface area contributed by atoms with E-state index in [2.05, 4.69) is 11.1 Å². The monoisotopic (exact) mass is 369 g/mol. The predicted molar refractivity (Wildman–Crippen MR) is 108 cm³/mol. The number of rotatable bonds is 2. The summed E-state index contributed by atoms with van der Waals surface area (Å²) in [6, 6.07) is 19.2. The molecular weight excluding hydrogens is 350 g/mol. The Kier molecular flexibility index (Phi) is 3.93. The van der Waals surface area contributed by atoms with Gasteiger partial charge >= 0.3 is 0 Å². The van der Waals surface area contributed by atoms with Crippen molar-refractivity contribution in [2.24, 2.45) is 0 Å². The molecule has 0 bridgehead atoms. The summed E-state index contributed by atoms with van der Waals surface area (Å²) >= 11 is 0. The molecule has 5 rings (SSSR count). The van der Waals surface area contributed by atoms with Gasteiger partial charge in [0.05, 0.1) is 5.56 Å². The molecule has 0 atom stereocenters. The molecule has 0 saturated carbocycles. The molecule has 3 aromatic rings. The van der Waals surface area contributed by atoms with Gasteiger partial charge in [-0.2, -0.15) is 0 Å². The maximum atomic E-state index is 12.9. The number of carbonyl (C=O) groups excluding carboxylic acids is 2. The van der Waals surface area contributed by atoms with Gasteiger partial charge in [0.15, 0.2) is 0 Å². The van der Waals surface area contributed by atoms with Crippen LogP contribution in [0.1, 0.15) is 32.0 Å². The van der Waals surface area contributed by atoms with Crippen molar-refractivity contribution < 1.29 is 9.59 Å². The van der Waals surface area contributed by atoms with Gasteiger partial charge in [-0.1, -0.05) is 36.4 Å². The molecule has 2 aliphatic rings. The first kappa shape index (κ1) is 16.7.